The van der Waals surface area contributed by atoms with Gasteiger partial charge in [-0.3, -0.25) is 19.6 Å². The van der Waals surface area contributed by atoms with Gasteiger partial charge in [-0.05, 0) is 110 Å². The summed E-state index contributed by atoms with van der Waals surface area (Å²) < 4.78 is 45.4. The molecule has 0 atom stereocenters. The molecule has 2 aliphatic rings. The summed E-state index contributed by atoms with van der Waals surface area (Å²) in [6.07, 6.45) is 5.36. The van der Waals surface area contributed by atoms with Crippen LogP contribution in [-0.2, 0) is 38.8 Å². The van der Waals surface area contributed by atoms with Gasteiger partial charge >= 0.3 is 0 Å². The highest BCUT2D eigenvalue weighted by atomic mass is 28.4. The zero-order chi connectivity index (χ0) is 51.3. The van der Waals surface area contributed by atoms with E-state index in [2.05, 4.69) is 73.0 Å². The van der Waals surface area contributed by atoms with Crippen LogP contribution in [0, 0.1) is 25.5 Å². The van der Waals surface area contributed by atoms with Gasteiger partial charge in [0.2, 0.25) is 23.6 Å². The third-order valence-corrected chi connectivity index (χ3v) is 20.1. The number of nitrogens with zero attached hydrogens (tertiary/aromatic N) is 8. The van der Waals surface area contributed by atoms with E-state index in [-0.39, 0.29) is 34.8 Å². The van der Waals surface area contributed by atoms with Crippen LogP contribution in [0.25, 0.3) is 21.8 Å². The lowest BCUT2D eigenvalue weighted by molar-refractivity contribution is 0.0807. The highest BCUT2D eigenvalue weighted by Crippen LogP contribution is 2.48. The van der Waals surface area contributed by atoms with Crippen LogP contribution in [-0.4, -0.2) is 79.5 Å². The molecule has 8 aromatic rings. The molecule has 0 unspecified atom stereocenters. The summed E-state index contributed by atoms with van der Waals surface area (Å²) in [5, 5.41) is 28.8. The molecule has 4 aromatic heterocycles. The number of rotatable bonds is 13. The number of carbonyl (C=O) groups is 2. The van der Waals surface area contributed by atoms with Gasteiger partial charge < -0.3 is 28.2 Å². The van der Waals surface area contributed by atoms with Crippen molar-refractivity contribution in [3.05, 3.63) is 164 Å². The normalized spacial score (nSPS) is 13.5. The fourth-order valence-corrected chi connectivity index (χ4v) is 16.1. The van der Waals surface area contributed by atoms with E-state index in [9.17, 15) is 23.5 Å². The van der Waals surface area contributed by atoms with E-state index in [4.69, 9.17) is 18.2 Å². The maximum Gasteiger partial charge on any atom is 0.258 e. The minimum atomic E-state index is -2.44. The van der Waals surface area contributed by atoms with Crippen LogP contribution >= 0.6 is 0 Å². The molecule has 6 heterocycles. The minimum Gasteiger partial charge on any atom is -0.541 e. The number of fused-ring (bicyclic) bond motifs is 4. The first-order valence-electron chi connectivity index (χ1n) is 24.2. The van der Waals surface area contributed by atoms with Crippen molar-refractivity contribution < 1.29 is 36.7 Å². The fraction of sp³-hybridized carbons (Fsp3) is 0.345. The van der Waals surface area contributed by atoms with Crippen LogP contribution in [0.3, 0.4) is 0 Å². The van der Waals surface area contributed by atoms with E-state index in [0.29, 0.717) is 101 Å². The molecule has 14 nitrogen and oxygen atoms in total. The first-order valence-corrected chi connectivity index (χ1v) is 26.3. The summed E-state index contributed by atoms with van der Waals surface area (Å²) in [5.74, 6) is 1.51. The number of amides is 2. The Kier molecular flexibility index (Phi) is 13.5. The number of benzene rings is 4. The molecule has 0 spiro atoms. The van der Waals surface area contributed by atoms with Crippen LogP contribution in [0.4, 0.5) is 8.78 Å². The average molecular weight is 993 g/mol. The Bertz CT molecular complexity index is 3350. The molecule has 0 bridgehead atoms. The van der Waals surface area contributed by atoms with Crippen molar-refractivity contribution in [2.24, 2.45) is 0 Å². The minimum absolute atomic E-state index is 0.0591. The van der Waals surface area contributed by atoms with Gasteiger partial charge in [0.1, 0.15) is 28.4 Å². The summed E-state index contributed by atoms with van der Waals surface area (Å²) in [5.41, 5.74) is 10.1. The lowest BCUT2D eigenvalue weighted by Gasteiger charge is -2.42. The Morgan fingerprint density at radius 1 is 0.611 bits per heavy atom. The van der Waals surface area contributed by atoms with Crippen LogP contribution in [0.2, 0.25) is 16.6 Å². The highest BCUT2D eigenvalue weighted by molar-refractivity contribution is 6.78. The molecule has 10 rings (SSSR count). The molecule has 0 saturated heterocycles. The summed E-state index contributed by atoms with van der Waals surface area (Å²) in [4.78, 5) is 39.2. The predicted octanol–water partition coefficient (Wildman–Crippen LogP) is 10.9. The van der Waals surface area contributed by atoms with Crippen LogP contribution in [0.15, 0.2) is 81.9 Å². The maximum atomic E-state index is 13.8. The topological polar surface area (TPSA) is 174 Å². The number of phenols is 1. The number of hydrogen-bond donors (Lipinski definition) is 1. The van der Waals surface area contributed by atoms with Crippen molar-refractivity contribution in [1.82, 2.24) is 40.2 Å². The third-order valence-electron chi connectivity index (χ3n) is 14.1. The lowest BCUT2D eigenvalue weighted by Crippen LogP contribution is -2.51. The van der Waals surface area contributed by atoms with Gasteiger partial charge in [-0.2, -0.15) is 0 Å². The zero-order valence-electron chi connectivity index (χ0n) is 42.2. The first kappa shape index (κ1) is 49.6. The molecule has 0 fully saturated rings. The van der Waals surface area contributed by atoms with Gasteiger partial charge in [0.25, 0.3) is 20.1 Å². The van der Waals surface area contributed by atoms with Crippen LogP contribution < -0.4 is 4.43 Å². The Morgan fingerprint density at radius 2 is 1.03 bits per heavy atom. The number of aryl methyl sites for hydroxylation is 2. The molecule has 72 heavy (non-hydrogen) atoms. The van der Waals surface area contributed by atoms with E-state index >= 15 is 0 Å². The van der Waals surface area contributed by atoms with Crippen molar-refractivity contribution in [1.29, 1.82) is 0 Å². The second-order valence-electron chi connectivity index (χ2n) is 20.0. The summed E-state index contributed by atoms with van der Waals surface area (Å²) in [6.45, 7) is 17.8. The van der Waals surface area contributed by atoms with E-state index in [1.807, 2.05) is 19.3 Å². The third kappa shape index (κ3) is 9.32. The molecule has 4 aromatic carbocycles. The Hall–Kier alpha value is -7.40. The largest absolute Gasteiger partial charge is 0.541 e. The molecule has 2 amide bonds. The van der Waals surface area contributed by atoms with Crippen molar-refractivity contribution >= 4 is 41.9 Å². The van der Waals surface area contributed by atoms with Crippen LogP contribution in [0.5, 0.6) is 11.5 Å². The number of hydrogen-bond acceptors (Lipinski definition) is 12. The highest BCUT2D eigenvalue weighted by Gasteiger charge is 2.49. The van der Waals surface area contributed by atoms with Crippen LogP contribution in [0.1, 0.15) is 130 Å². The van der Waals surface area contributed by atoms with Crippen molar-refractivity contribution in [2.75, 3.05) is 14.1 Å². The number of carbonyl (C=O) groups excluding carboxylic acids is 2. The van der Waals surface area contributed by atoms with Gasteiger partial charge in [0, 0.05) is 64.2 Å². The van der Waals surface area contributed by atoms with Gasteiger partial charge in [-0.1, -0.05) is 65.8 Å². The van der Waals surface area contributed by atoms with Gasteiger partial charge in [-0.15, -0.1) is 20.4 Å². The van der Waals surface area contributed by atoms with Crippen molar-refractivity contribution in [3.8, 4) is 11.5 Å². The lowest BCUT2D eigenvalue weighted by atomic mass is 9.93. The molecule has 17 heteroatoms. The Balaban J connectivity index is 0.000000184. The molecule has 2 aliphatic heterocycles. The van der Waals surface area contributed by atoms with Gasteiger partial charge in [0.05, 0.1) is 24.0 Å². The number of phenolic OH excluding ortho intramolecular Hbond substituents is 1. The molecule has 372 valence electrons. The molecule has 0 aliphatic carbocycles. The quantitative estimate of drug-likeness (QED) is 0.108. The van der Waals surface area contributed by atoms with Gasteiger partial charge in [-0.25, -0.2) is 8.78 Å². The number of aromatic nitrogens is 6. The summed E-state index contributed by atoms with van der Waals surface area (Å²) in [6, 6.07) is 16.9. The molecular formula is C55H58F2N8O6Si. The van der Waals surface area contributed by atoms with E-state index in [0.717, 1.165) is 55.3 Å². The molecule has 1 N–H and O–H groups in total. The average Bonchev–Trinajstić information content (AvgIpc) is 4.11. The van der Waals surface area contributed by atoms with Crippen molar-refractivity contribution in [2.45, 2.75) is 111 Å². The SMILES string of the molecule is Cc1nnc(Cc2c3c(c(O)c4ncc(Cc5ccc(F)cc5)cc24)C(=O)N(C)C3)o1.Cc1nnc(Cc2c3c(c(O[Si](C(C)C)(C(C)C)C(C)C)c4ncc(Cc5ccc(F)cc5)cc24)C(=O)N(C)C3)o1. The Labute approximate surface area is 417 Å². The van der Waals surface area contributed by atoms with E-state index in [1.165, 1.54) is 24.3 Å². The predicted molar refractivity (Wildman–Crippen MR) is 271 cm³/mol. The van der Waals surface area contributed by atoms with Crippen molar-refractivity contribution in [3.63, 3.8) is 0 Å². The molecular weight excluding hydrogens is 935 g/mol. The second-order valence-corrected chi connectivity index (χ2v) is 25.3. The molecule has 0 radical (unpaired) electrons. The first-order chi connectivity index (χ1) is 34.3. The second kappa shape index (κ2) is 19.7. The Morgan fingerprint density at radius 3 is 1.46 bits per heavy atom. The summed E-state index contributed by atoms with van der Waals surface area (Å²) in [7, 11) is 1.08. The smallest absolute Gasteiger partial charge is 0.258 e. The summed E-state index contributed by atoms with van der Waals surface area (Å²) >= 11 is 0. The number of halogens is 2. The maximum absolute atomic E-state index is 13.8. The fourth-order valence-electron chi connectivity index (χ4n) is 10.8. The monoisotopic (exact) mass is 992 g/mol. The standard InChI is InChI=1S/C32H39FN4O3Si.C23H19FN4O3/c1-18(2)41(19(3)4,20(5)6)40-31-29-27(17-37(8)32(29)38)25(15-28-36-35-21(7)39-28)26-14-23(16-34-30(26)31)13-22-9-11-24(33)12-10-22;1-12-26-27-19(31-12)9-16-17-8-14(7-13-3-5-15(24)6-4-13)10-25-21(17)22(29)20-18(16)11-28(2)23(20)30/h9-12,14,16,18-20H,13,15,17H2,1-8H3;3-6,8,10,29H,7,9,11H2,1-2H3. The van der Waals surface area contributed by atoms with E-state index < -0.39 is 8.32 Å². The van der Waals surface area contributed by atoms with E-state index in [1.54, 1.807) is 61.2 Å². The molecule has 0 saturated carbocycles. The number of pyridine rings is 2. The van der Waals surface area contributed by atoms with Gasteiger partial charge in [0.15, 0.2) is 5.75 Å². The number of aromatic hydroxyl groups is 1. The zero-order valence-corrected chi connectivity index (χ0v) is 43.2.